The van der Waals surface area contributed by atoms with Crippen molar-refractivity contribution in [1.29, 1.82) is 0 Å². The number of benzene rings is 1. The minimum absolute atomic E-state index is 0. The summed E-state index contributed by atoms with van der Waals surface area (Å²) in [5.41, 5.74) is 10.1. The van der Waals surface area contributed by atoms with Crippen LogP contribution in [-0.2, 0) is 15.7 Å². The molecule has 1 aromatic rings. The van der Waals surface area contributed by atoms with Gasteiger partial charge in [-0.2, -0.15) is 13.2 Å². The molecule has 1 amide bonds. The molecule has 1 fully saturated rings. The van der Waals surface area contributed by atoms with Crippen molar-refractivity contribution in [3.63, 3.8) is 0 Å². The molecule has 10 heteroatoms. The molecule has 5 N–H and O–H groups in total. The number of hydrogen-bond donors (Lipinski definition) is 3. The highest BCUT2D eigenvalue weighted by Crippen LogP contribution is 2.33. The zero-order chi connectivity index (χ0) is 15.6. The molecule has 2 atom stereocenters. The van der Waals surface area contributed by atoms with Crippen LogP contribution >= 0.6 is 24.8 Å². The van der Waals surface area contributed by atoms with Crippen molar-refractivity contribution in [3.8, 4) is 0 Å². The fraction of sp³-hybridized carbons (Fsp3) is 0.462. The quantitative estimate of drug-likeness (QED) is 0.708. The molecule has 1 aliphatic heterocycles. The number of amides is 1. The van der Waals surface area contributed by atoms with Crippen molar-refractivity contribution in [3.05, 3.63) is 23.8 Å². The van der Waals surface area contributed by atoms with Crippen LogP contribution in [0.1, 0.15) is 18.4 Å². The normalized spacial score (nSPS) is 20.3. The molecule has 1 heterocycles. The molecule has 0 radical (unpaired) electrons. The summed E-state index contributed by atoms with van der Waals surface area (Å²) in [6.07, 6.45) is -4.28. The fourth-order valence-electron chi connectivity index (χ4n) is 2.13. The van der Waals surface area contributed by atoms with Gasteiger partial charge in [-0.05, 0) is 31.0 Å². The third-order valence-electron chi connectivity index (χ3n) is 3.30. The van der Waals surface area contributed by atoms with Gasteiger partial charge in [0.15, 0.2) is 0 Å². The van der Waals surface area contributed by atoms with Crippen LogP contribution in [0.3, 0.4) is 0 Å². The minimum atomic E-state index is -4.50. The molecular formula is C13H18Cl2F3N3O2. The van der Waals surface area contributed by atoms with Crippen LogP contribution in [0.4, 0.5) is 24.5 Å². The van der Waals surface area contributed by atoms with E-state index in [4.69, 9.17) is 16.2 Å². The summed E-state index contributed by atoms with van der Waals surface area (Å²) in [4.78, 5) is 12.0. The Morgan fingerprint density at radius 1 is 1.30 bits per heavy atom. The molecule has 132 valence electrons. The number of nitrogens with two attached hydrogens (primary N) is 2. The maximum absolute atomic E-state index is 12.6. The van der Waals surface area contributed by atoms with E-state index in [2.05, 4.69) is 5.32 Å². The molecule has 1 saturated heterocycles. The van der Waals surface area contributed by atoms with Gasteiger partial charge in [-0.1, -0.05) is 0 Å². The van der Waals surface area contributed by atoms with Gasteiger partial charge in [-0.3, -0.25) is 4.79 Å². The maximum Gasteiger partial charge on any atom is 0.416 e. The van der Waals surface area contributed by atoms with Crippen LogP contribution in [0, 0.1) is 0 Å². The molecule has 5 nitrogen and oxygen atoms in total. The number of carbonyl (C=O) groups excluding carboxylic acids is 1. The highest BCUT2D eigenvalue weighted by molar-refractivity contribution is 5.97. The van der Waals surface area contributed by atoms with Gasteiger partial charge in [0.25, 0.3) is 5.91 Å². The summed E-state index contributed by atoms with van der Waals surface area (Å²) in [5, 5.41) is 2.38. The lowest BCUT2D eigenvalue weighted by Gasteiger charge is -2.15. The Kier molecular flexibility index (Phi) is 8.13. The zero-order valence-electron chi connectivity index (χ0n) is 11.9. The van der Waals surface area contributed by atoms with E-state index in [9.17, 15) is 18.0 Å². The summed E-state index contributed by atoms with van der Waals surface area (Å²) in [7, 11) is 0. The number of hydrogen-bond acceptors (Lipinski definition) is 4. The summed E-state index contributed by atoms with van der Waals surface area (Å²) in [6, 6.07) is 2.78. The topological polar surface area (TPSA) is 90.4 Å². The van der Waals surface area contributed by atoms with Crippen LogP contribution < -0.4 is 16.8 Å². The Morgan fingerprint density at radius 2 is 1.96 bits per heavy atom. The fourth-order valence-corrected chi connectivity index (χ4v) is 2.13. The largest absolute Gasteiger partial charge is 0.416 e. The molecule has 1 aliphatic rings. The number of ether oxygens (including phenoxy) is 1. The summed E-state index contributed by atoms with van der Waals surface area (Å²) in [5.74, 6) is -0.517. The average molecular weight is 376 g/mol. The third kappa shape index (κ3) is 5.42. The number of halogens is 5. The first-order chi connectivity index (χ1) is 9.81. The van der Waals surface area contributed by atoms with Crippen LogP contribution in [0.15, 0.2) is 18.2 Å². The average Bonchev–Trinajstić information content (AvgIpc) is 2.88. The van der Waals surface area contributed by atoms with Gasteiger partial charge < -0.3 is 21.5 Å². The highest BCUT2D eigenvalue weighted by Gasteiger charge is 2.32. The number of nitrogen functional groups attached to an aromatic ring is 1. The number of anilines is 2. The third-order valence-corrected chi connectivity index (χ3v) is 3.30. The van der Waals surface area contributed by atoms with Crippen LogP contribution in [-0.4, -0.2) is 24.7 Å². The van der Waals surface area contributed by atoms with E-state index in [1.54, 1.807) is 0 Å². The van der Waals surface area contributed by atoms with E-state index in [0.717, 1.165) is 18.2 Å². The maximum atomic E-state index is 12.6. The molecule has 0 aromatic heterocycles. The SMILES string of the molecule is Cl.Cl.NC[C@H]1CC[C@@H](C(=O)Nc2cc(C(F)(F)F)ccc2N)O1. The number of nitrogens with one attached hydrogen (secondary N) is 1. The van der Waals surface area contributed by atoms with E-state index >= 15 is 0 Å². The zero-order valence-corrected chi connectivity index (χ0v) is 13.6. The Morgan fingerprint density at radius 3 is 2.48 bits per heavy atom. The molecule has 1 aromatic carbocycles. The molecule has 0 saturated carbocycles. The molecule has 2 rings (SSSR count). The second-order valence-electron chi connectivity index (χ2n) is 4.85. The van der Waals surface area contributed by atoms with Crippen molar-refractivity contribution in [2.45, 2.75) is 31.2 Å². The van der Waals surface area contributed by atoms with Gasteiger partial charge in [-0.15, -0.1) is 24.8 Å². The van der Waals surface area contributed by atoms with Crippen molar-refractivity contribution in [1.82, 2.24) is 0 Å². The first-order valence-corrected chi connectivity index (χ1v) is 6.44. The lowest BCUT2D eigenvalue weighted by Crippen LogP contribution is -2.30. The van der Waals surface area contributed by atoms with Crippen LogP contribution in [0.25, 0.3) is 0 Å². The van der Waals surface area contributed by atoms with Crippen LogP contribution in [0.5, 0.6) is 0 Å². The van der Waals surface area contributed by atoms with Crippen LogP contribution in [0.2, 0.25) is 0 Å². The predicted octanol–water partition coefficient (Wildman–Crippen LogP) is 2.58. The van der Waals surface area contributed by atoms with E-state index < -0.39 is 23.8 Å². The Hall–Kier alpha value is -1.22. The van der Waals surface area contributed by atoms with Crippen molar-refractivity contribution < 1.29 is 22.7 Å². The summed E-state index contributed by atoms with van der Waals surface area (Å²) >= 11 is 0. The van der Waals surface area contributed by atoms with Gasteiger partial charge >= 0.3 is 6.18 Å². The number of carbonyl (C=O) groups is 1. The predicted molar refractivity (Wildman–Crippen MR) is 85.9 cm³/mol. The lowest BCUT2D eigenvalue weighted by atomic mass is 10.1. The lowest BCUT2D eigenvalue weighted by molar-refractivity contribution is -0.137. The first-order valence-electron chi connectivity index (χ1n) is 6.44. The van der Waals surface area contributed by atoms with E-state index in [1.165, 1.54) is 0 Å². The second kappa shape index (κ2) is 8.58. The van der Waals surface area contributed by atoms with Gasteiger partial charge in [-0.25, -0.2) is 0 Å². The van der Waals surface area contributed by atoms with Gasteiger partial charge in [0, 0.05) is 6.54 Å². The number of alkyl halides is 3. The van der Waals surface area contributed by atoms with Crippen molar-refractivity contribution >= 4 is 42.1 Å². The molecule has 0 bridgehead atoms. The summed E-state index contributed by atoms with van der Waals surface area (Å²) < 4.78 is 43.3. The molecule has 0 spiro atoms. The monoisotopic (exact) mass is 375 g/mol. The molecule has 0 aliphatic carbocycles. The van der Waals surface area contributed by atoms with Crippen molar-refractivity contribution in [2.24, 2.45) is 5.73 Å². The van der Waals surface area contributed by atoms with E-state index in [1.807, 2.05) is 0 Å². The Bertz CT molecular complexity index is 544. The smallest absolute Gasteiger partial charge is 0.397 e. The molecule has 23 heavy (non-hydrogen) atoms. The van der Waals surface area contributed by atoms with E-state index in [-0.39, 0.29) is 42.3 Å². The summed E-state index contributed by atoms with van der Waals surface area (Å²) in [6.45, 7) is 0.301. The van der Waals surface area contributed by atoms with Gasteiger partial charge in [0.05, 0.1) is 23.0 Å². The Balaban J connectivity index is 0.00000242. The Labute approximate surface area is 143 Å². The number of rotatable bonds is 3. The minimum Gasteiger partial charge on any atom is -0.397 e. The first kappa shape index (κ1) is 21.8. The van der Waals surface area contributed by atoms with E-state index in [0.29, 0.717) is 19.4 Å². The van der Waals surface area contributed by atoms with Gasteiger partial charge in [0.2, 0.25) is 0 Å². The second-order valence-corrected chi connectivity index (χ2v) is 4.85. The molecular weight excluding hydrogens is 358 g/mol. The highest BCUT2D eigenvalue weighted by atomic mass is 35.5. The standard InChI is InChI=1S/C13H16F3N3O2.2ClH/c14-13(15,16)7-1-3-9(18)10(5-7)19-12(20)11-4-2-8(6-17)21-11;;/h1,3,5,8,11H,2,4,6,17-18H2,(H,19,20);2*1H/t8-,11+;;/m1../s1. The van der Waals surface area contributed by atoms with Gasteiger partial charge in [0.1, 0.15) is 6.10 Å². The van der Waals surface area contributed by atoms with Crippen molar-refractivity contribution in [2.75, 3.05) is 17.6 Å². The molecule has 0 unspecified atom stereocenters.